The van der Waals surface area contributed by atoms with Crippen LogP contribution in [0.3, 0.4) is 0 Å². The monoisotopic (exact) mass is 333 g/mol. The van der Waals surface area contributed by atoms with Crippen LogP contribution in [0, 0.1) is 0 Å². The van der Waals surface area contributed by atoms with E-state index in [2.05, 4.69) is 15.5 Å². The van der Waals surface area contributed by atoms with Crippen molar-refractivity contribution in [2.75, 3.05) is 5.32 Å². The van der Waals surface area contributed by atoms with Crippen molar-refractivity contribution in [2.24, 2.45) is 0 Å². The summed E-state index contributed by atoms with van der Waals surface area (Å²) in [6.45, 7) is 0. The molecule has 25 heavy (non-hydrogen) atoms. The first-order chi connectivity index (χ1) is 12.2. The fraction of sp³-hybridized carbons (Fsp3) is 0. The minimum atomic E-state index is -0.737. The van der Waals surface area contributed by atoms with Gasteiger partial charge in [-0.25, -0.2) is 4.79 Å². The summed E-state index contributed by atoms with van der Waals surface area (Å²) in [6, 6.07) is 17.4. The van der Waals surface area contributed by atoms with E-state index in [1.54, 1.807) is 36.4 Å². The first-order valence-corrected chi connectivity index (χ1v) is 7.44. The highest BCUT2D eigenvalue weighted by Gasteiger charge is 2.17. The molecule has 122 valence electrons. The van der Waals surface area contributed by atoms with Gasteiger partial charge in [0, 0.05) is 10.9 Å². The van der Waals surface area contributed by atoms with Crippen molar-refractivity contribution < 1.29 is 13.6 Å². The van der Waals surface area contributed by atoms with Crippen molar-refractivity contribution in [1.82, 2.24) is 10.2 Å². The minimum absolute atomic E-state index is 0.101. The second kappa shape index (κ2) is 6.04. The van der Waals surface area contributed by atoms with Gasteiger partial charge in [0.05, 0.1) is 0 Å². The van der Waals surface area contributed by atoms with E-state index in [0.717, 1.165) is 5.56 Å². The van der Waals surface area contributed by atoms with Crippen LogP contribution < -0.4 is 10.9 Å². The Morgan fingerprint density at radius 1 is 0.920 bits per heavy atom. The highest BCUT2D eigenvalue weighted by atomic mass is 16.4. The number of nitrogens with one attached hydrogen (secondary N) is 1. The molecular formula is C18H11N3O4. The fourth-order valence-corrected chi connectivity index (χ4v) is 2.36. The normalized spacial score (nSPS) is 10.7. The molecule has 7 nitrogen and oxygen atoms in total. The van der Waals surface area contributed by atoms with Crippen molar-refractivity contribution in [3.05, 3.63) is 76.6 Å². The maximum absolute atomic E-state index is 12.3. The number of carbonyl (C=O) groups is 1. The van der Waals surface area contributed by atoms with E-state index >= 15 is 0 Å². The third-order valence-electron chi connectivity index (χ3n) is 3.55. The number of carbonyl (C=O) groups excluding carboxylic acids is 1. The molecule has 0 aliphatic carbocycles. The van der Waals surface area contributed by atoms with Crippen molar-refractivity contribution >= 4 is 22.9 Å². The number of fused-ring (bicyclic) bond motifs is 1. The summed E-state index contributed by atoms with van der Waals surface area (Å²) in [4.78, 5) is 24.3. The van der Waals surface area contributed by atoms with Gasteiger partial charge >= 0.3 is 11.6 Å². The molecule has 0 saturated heterocycles. The zero-order valence-electron chi connectivity index (χ0n) is 12.8. The number of aromatic nitrogens is 2. The second-order valence-corrected chi connectivity index (χ2v) is 5.22. The number of para-hydroxylation sites is 1. The van der Waals surface area contributed by atoms with Gasteiger partial charge in [0.25, 0.3) is 5.91 Å². The molecule has 0 unspecified atom stereocenters. The van der Waals surface area contributed by atoms with E-state index < -0.39 is 11.5 Å². The highest BCUT2D eigenvalue weighted by molar-refractivity contribution is 6.04. The molecule has 0 fully saturated rings. The molecule has 0 aliphatic rings. The molecule has 0 atom stereocenters. The zero-order chi connectivity index (χ0) is 17.2. The summed E-state index contributed by atoms with van der Waals surface area (Å²) in [6.07, 6.45) is 0. The summed E-state index contributed by atoms with van der Waals surface area (Å²) in [5.41, 5.74) is 0.256. The number of benzene rings is 2. The van der Waals surface area contributed by atoms with E-state index in [-0.39, 0.29) is 17.5 Å². The van der Waals surface area contributed by atoms with E-state index in [0.29, 0.717) is 11.0 Å². The van der Waals surface area contributed by atoms with E-state index in [1.807, 2.05) is 18.2 Å². The Kier molecular flexibility index (Phi) is 3.59. The molecule has 0 saturated carbocycles. The van der Waals surface area contributed by atoms with Crippen LogP contribution in [-0.4, -0.2) is 16.1 Å². The molecule has 1 amide bonds. The molecule has 7 heteroatoms. The molecule has 0 bridgehead atoms. The fourth-order valence-electron chi connectivity index (χ4n) is 2.36. The standard InChI is InChI=1S/C18H11N3O4/c22-15(13-10-12-8-4-5-9-14(12)24-17(13)23)19-18-21-20-16(25-18)11-6-2-1-3-7-11/h1-10H,(H,19,21,22). The molecule has 2 aromatic carbocycles. The van der Waals surface area contributed by atoms with Crippen LogP contribution in [0.15, 0.2) is 74.3 Å². The van der Waals surface area contributed by atoms with Gasteiger partial charge in [0.1, 0.15) is 11.1 Å². The van der Waals surface area contributed by atoms with Crippen molar-refractivity contribution in [3.8, 4) is 11.5 Å². The molecule has 0 spiro atoms. The first kappa shape index (κ1) is 14.8. The quantitative estimate of drug-likeness (QED) is 0.579. The number of hydrogen-bond donors (Lipinski definition) is 1. The second-order valence-electron chi connectivity index (χ2n) is 5.22. The number of rotatable bonds is 3. The Morgan fingerprint density at radius 3 is 2.52 bits per heavy atom. The topological polar surface area (TPSA) is 98.2 Å². The minimum Gasteiger partial charge on any atom is -0.422 e. The zero-order valence-corrected chi connectivity index (χ0v) is 12.8. The van der Waals surface area contributed by atoms with E-state index in [4.69, 9.17) is 8.83 Å². The lowest BCUT2D eigenvalue weighted by Crippen LogP contribution is -2.20. The molecule has 0 radical (unpaired) electrons. The van der Waals surface area contributed by atoms with Crippen molar-refractivity contribution in [2.45, 2.75) is 0 Å². The van der Waals surface area contributed by atoms with Gasteiger partial charge in [0.15, 0.2) is 0 Å². The molecule has 2 aromatic heterocycles. The summed E-state index contributed by atoms with van der Waals surface area (Å²) < 4.78 is 10.5. The number of nitrogens with zero attached hydrogens (tertiary/aromatic N) is 2. The Bertz CT molecular complexity index is 1120. The van der Waals surface area contributed by atoms with Crippen LogP contribution in [-0.2, 0) is 0 Å². The molecule has 4 aromatic rings. The predicted octanol–water partition coefficient (Wildman–Crippen LogP) is 3.10. The van der Waals surface area contributed by atoms with Crippen LogP contribution in [0.2, 0.25) is 0 Å². The van der Waals surface area contributed by atoms with Gasteiger partial charge in [-0.2, -0.15) is 0 Å². The van der Waals surface area contributed by atoms with Gasteiger partial charge in [-0.3, -0.25) is 10.1 Å². The van der Waals surface area contributed by atoms with E-state index in [9.17, 15) is 9.59 Å². The van der Waals surface area contributed by atoms with Gasteiger partial charge in [-0.15, -0.1) is 5.10 Å². The largest absolute Gasteiger partial charge is 0.422 e. The Morgan fingerprint density at radius 2 is 1.68 bits per heavy atom. The van der Waals surface area contributed by atoms with Crippen LogP contribution in [0.25, 0.3) is 22.4 Å². The molecule has 2 heterocycles. The Balaban J connectivity index is 1.61. The van der Waals surface area contributed by atoms with Crippen LogP contribution >= 0.6 is 0 Å². The summed E-state index contributed by atoms with van der Waals surface area (Å²) in [7, 11) is 0. The molecule has 4 rings (SSSR count). The van der Waals surface area contributed by atoms with E-state index in [1.165, 1.54) is 6.07 Å². The third-order valence-corrected chi connectivity index (χ3v) is 3.55. The lowest BCUT2D eigenvalue weighted by Gasteiger charge is -2.01. The number of anilines is 1. The number of hydrogen-bond acceptors (Lipinski definition) is 6. The first-order valence-electron chi connectivity index (χ1n) is 7.44. The lowest BCUT2D eigenvalue weighted by atomic mass is 10.2. The Hall–Kier alpha value is -3.74. The maximum Gasteiger partial charge on any atom is 0.349 e. The van der Waals surface area contributed by atoms with Gasteiger partial charge in [0.2, 0.25) is 5.89 Å². The lowest BCUT2D eigenvalue weighted by molar-refractivity contribution is 0.102. The van der Waals surface area contributed by atoms with Gasteiger partial charge < -0.3 is 8.83 Å². The third kappa shape index (κ3) is 2.90. The van der Waals surface area contributed by atoms with Crippen LogP contribution in [0.4, 0.5) is 6.01 Å². The van der Waals surface area contributed by atoms with Crippen molar-refractivity contribution in [1.29, 1.82) is 0 Å². The number of amides is 1. The van der Waals surface area contributed by atoms with Gasteiger partial charge in [-0.05, 0) is 24.3 Å². The van der Waals surface area contributed by atoms with Crippen LogP contribution in [0.1, 0.15) is 10.4 Å². The molecule has 0 aliphatic heterocycles. The summed E-state index contributed by atoms with van der Waals surface area (Å²) in [5, 5.41) is 10.7. The van der Waals surface area contributed by atoms with Crippen LogP contribution in [0.5, 0.6) is 0 Å². The Labute approximate surface area is 140 Å². The van der Waals surface area contributed by atoms with Gasteiger partial charge in [-0.1, -0.05) is 41.5 Å². The SMILES string of the molecule is O=C(Nc1nnc(-c2ccccc2)o1)c1cc2ccccc2oc1=O. The summed E-state index contributed by atoms with van der Waals surface area (Å²) in [5.74, 6) is -0.413. The average molecular weight is 333 g/mol. The van der Waals surface area contributed by atoms with Crippen molar-refractivity contribution in [3.63, 3.8) is 0 Å². The average Bonchev–Trinajstić information content (AvgIpc) is 3.10. The summed E-state index contributed by atoms with van der Waals surface area (Å²) >= 11 is 0. The predicted molar refractivity (Wildman–Crippen MR) is 90.2 cm³/mol. The smallest absolute Gasteiger partial charge is 0.349 e. The molecular weight excluding hydrogens is 322 g/mol. The molecule has 1 N–H and O–H groups in total. The maximum atomic E-state index is 12.3. The highest BCUT2D eigenvalue weighted by Crippen LogP contribution is 2.19.